The largest absolute Gasteiger partial charge is 0.376 e. The molecule has 0 aliphatic heterocycles. The predicted molar refractivity (Wildman–Crippen MR) is 98.1 cm³/mol. The molecule has 0 aliphatic rings. The van der Waals surface area contributed by atoms with Crippen LogP contribution in [0.15, 0.2) is 48.5 Å². The van der Waals surface area contributed by atoms with Crippen LogP contribution in [-0.4, -0.2) is 10.2 Å². The molecular weight excluding hydrogens is 322 g/mol. The monoisotopic (exact) mass is 335 g/mol. The number of hydrogen-bond acceptors (Lipinski definition) is 2. The number of benzene rings is 2. The molecule has 0 heterocycles. The Hall–Kier alpha value is -1.69. The quantitative estimate of drug-likeness (QED) is 0.809. The molecule has 2 rings (SSSR count). The molecule has 0 saturated heterocycles. The summed E-state index contributed by atoms with van der Waals surface area (Å²) in [4.78, 5) is 1.58. The van der Waals surface area contributed by atoms with Crippen LogP contribution in [0, 0.1) is 6.92 Å². The summed E-state index contributed by atoms with van der Waals surface area (Å²) in [6, 6.07) is 15.0. The average Bonchev–Trinajstić information content (AvgIpc) is 2.43. The highest BCUT2D eigenvalue weighted by atomic mass is 35.5. The summed E-state index contributed by atoms with van der Waals surface area (Å²) < 4.78 is 0. The van der Waals surface area contributed by atoms with E-state index >= 15 is 0 Å². The zero-order valence-electron chi connectivity index (χ0n) is 11.3. The zero-order valence-corrected chi connectivity index (χ0v) is 13.7. The number of halogens is 1. The standard InChI is InChI=1S/C15H14ClN3S2/c1-10-2-6-12(7-3-10)18-15(21)19(14(17)20)13-8-4-11(16)5-9-13/h2-9H,1H3,(H2,17,20)(H,18,21). The summed E-state index contributed by atoms with van der Waals surface area (Å²) in [5, 5.41) is 4.34. The van der Waals surface area contributed by atoms with Crippen LogP contribution in [0.25, 0.3) is 0 Å². The Kier molecular flexibility index (Phi) is 5.12. The van der Waals surface area contributed by atoms with Crippen LogP contribution in [0.5, 0.6) is 0 Å². The molecule has 2 aromatic rings. The molecule has 6 heteroatoms. The first-order valence-electron chi connectivity index (χ1n) is 6.20. The molecule has 0 atom stereocenters. The fourth-order valence-corrected chi connectivity index (χ4v) is 2.45. The van der Waals surface area contributed by atoms with E-state index in [1.165, 1.54) is 5.56 Å². The van der Waals surface area contributed by atoms with E-state index in [2.05, 4.69) is 5.32 Å². The van der Waals surface area contributed by atoms with Gasteiger partial charge in [0.05, 0.1) is 5.69 Å². The van der Waals surface area contributed by atoms with Crippen molar-refractivity contribution in [2.75, 3.05) is 10.2 Å². The van der Waals surface area contributed by atoms with Gasteiger partial charge in [0.2, 0.25) is 0 Å². The molecule has 0 aromatic heterocycles. The maximum Gasteiger partial charge on any atom is 0.184 e. The number of anilines is 2. The lowest BCUT2D eigenvalue weighted by Gasteiger charge is -2.24. The van der Waals surface area contributed by atoms with Crippen molar-refractivity contribution < 1.29 is 0 Å². The van der Waals surface area contributed by atoms with Gasteiger partial charge < -0.3 is 11.1 Å². The van der Waals surface area contributed by atoms with Gasteiger partial charge in [0.1, 0.15) is 0 Å². The average molecular weight is 336 g/mol. The first-order valence-corrected chi connectivity index (χ1v) is 7.39. The van der Waals surface area contributed by atoms with Crippen molar-refractivity contribution >= 4 is 57.6 Å². The molecule has 0 fully saturated rings. The Labute approximate surface area is 139 Å². The summed E-state index contributed by atoms with van der Waals surface area (Å²) >= 11 is 16.4. The third-order valence-corrected chi connectivity index (χ3v) is 3.53. The smallest absolute Gasteiger partial charge is 0.184 e. The number of nitrogens with one attached hydrogen (secondary N) is 1. The topological polar surface area (TPSA) is 41.3 Å². The van der Waals surface area contributed by atoms with Gasteiger partial charge in [0.25, 0.3) is 0 Å². The summed E-state index contributed by atoms with van der Waals surface area (Å²) in [6.45, 7) is 2.02. The van der Waals surface area contributed by atoms with Crippen molar-refractivity contribution in [3.63, 3.8) is 0 Å². The van der Waals surface area contributed by atoms with E-state index < -0.39 is 0 Å². The van der Waals surface area contributed by atoms with Gasteiger partial charge in [-0.25, -0.2) is 0 Å². The molecule has 108 valence electrons. The fraction of sp³-hybridized carbons (Fsp3) is 0.0667. The number of nitrogens with zero attached hydrogens (tertiary/aromatic N) is 1. The predicted octanol–water partition coefficient (Wildman–Crippen LogP) is 4.10. The van der Waals surface area contributed by atoms with Crippen LogP contribution in [0.3, 0.4) is 0 Å². The van der Waals surface area contributed by atoms with E-state index in [4.69, 9.17) is 41.8 Å². The Bertz CT molecular complexity index is 654. The summed E-state index contributed by atoms with van der Waals surface area (Å²) in [7, 11) is 0. The molecule has 0 radical (unpaired) electrons. The Morgan fingerprint density at radius 3 is 2.14 bits per heavy atom. The van der Waals surface area contributed by atoms with Gasteiger partial charge in [-0.05, 0) is 67.8 Å². The van der Waals surface area contributed by atoms with E-state index in [0.29, 0.717) is 10.1 Å². The Balaban J connectivity index is 2.22. The van der Waals surface area contributed by atoms with Crippen LogP contribution < -0.4 is 16.0 Å². The Morgan fingerprint density at radius 1 is 1.05 bits per heavy atom. The second kappa shape index (κ2) is 6.85. The minimum absolute atomic E-state index is 0.168. The van der Waals surface area contributed by atoms with Gasteiger partial charge in [-0.1, -0.05) is 29.3 Å². The van der Waals surface area contributed by atoms with Crippen LogP contribution in [0.4, 0.5) is 11.4 Å². The molecular formula is C15H14ClN3S2. The molecule has 0 amide bonds. The maximum absolute atomic E-state index is 5.89. The highest BCUT2D eigenvalue weighted by Crippen LogP contribution is 2.19. The molecule has 0 unspecified atom stereocenters. The zero-order chi connectivity index (χ0) is 15.4. The fourth-order valence-electron chi connectivity index (χ4n) is 1.75. The van der Waals surface area contributed by atoms with Crippen molar-refractivity contribution in [1.29, 1.82) is 0 Å². The maximum atomic E-state index is 5.89. The molecule has 3 nitrogen and oxygen atoms in total. The second-order valence-electron chi connectivity index (χ2n) is 4.45. The van der Waals surface area contributed by atoms with Crippen molar-refractivity contribution in [3.05, 3.63) is 59.1 Å². The number of nitrogens with two attached hydrogens (primary N) is 1. The van der Waals surface area contributed by atoms with Gasteiger partial charge in [-0.15, -0.1) is 0 Å². The van der Waals surface area contributed by atoms with Crippen molar-refractivity contribution in [2.45, 2.75) is 6.92 Å². The van der Waals surface area contributed by atoms with E-state index in [-0.39, 0.29) is 5.11 Å². The van der Waals surface area contributed by atoms with Crippen LogP contribution in [-0.2, 0) is 0 Å². The van der Waals surface area contributed by atoms with E-state index in [1.807, 2.05) is 43.3 Å². The third kappa shape index (κ3) is 4.14. The van der Waals surface area contributed by atoms with Gasteiger partial charge in [-0.3, -0.25) is 4.90 Å². The van der Waals surface area contributed by atoms with Crippen LogP contribution >= 0.6 is 36.0 Å². The highest BCUT2D eigenvalue weighted by molar-refractivity contribution is 7.82. The molecule has 21 heavy (non-hydrogen) atoms. The summed E-state index contributed by atoms with van der Waals surface area (Å²) in [5.41, 5.74) is 8.60. The first kappa shape index (κ1) is 15.7. The Morgan fingerprint density at radius 2 is 1.62 bits per heavy atom. The van der Waals surface area contributed by atoms with Crippen molar-refractivity contribution in [2.24, 2.45) is 5.73 Å². The van der Waals surface area contributed by atoms with Crippen LogP contribution in [0.2, 0.25) is 5.02 Å². The normalized spacial score (nSPS) is 10.0. The molecule has 0 bridgehead atoms. The minimum Gasteiger partial charge on any atom is -0.376 e. The van der Waals surface area contributed by atoms with Crippen LogP contribution in [0.1, 0.15) is 5.56 Å². The second-order valence-corrected chi connectivity index (χ2v) is 5.69. The molecule has 0 saturated carbocycles. The van der Waals surface area contributed by atoms with Crippen molar-refractivity contribution in [1.82, 2.24) is 0 Å². The lowest BCUT2D eigenvalue weighted by Crippen LogP contribution is -2.43. The first-order chi connectivity index (χ1) is 9.97. The van der Waals surface area contributed by atoms with Gasteiger partial charge in [0.15, 0.2) is 10.2 Å². The number of thiocarbonyl (C=S) groups is 2. The summed E-state index contributed by atoms with van der Waals surface area (Å²) in [5.74, 6) is 0. The number of aryl methyl sites for hydroxylation is 1. The summed E-state index contributed by atoms with van der Waals surface area (Å²) in [6.07, 6.45) is 0. The number of rotatable bonds is 2. The van der Waals surface area contributed by atoms with E-state index in [0.717, 1.165) is 11.4 Å². The van der Waals surface area contributed by atoms with E-state index in [9.17, 15) is 0 Å². The van der Waals surface area contributed by atoms with Gasteiger partial charge >= 0.3 is 0 Å². The SMILES string of the molecule is Cc1ccc(NC(=S)N(C(N)=S)c2ccc(Cl)cc2)cc1. The number of hydrogen-bond donors (Lipinski definition) is 2. The van der Waals surface area contributed by atoms with Gasteiger partial charge in [-0.2, -0.15) is 0 Å². The molecule has 0 aliphatic carbocycles. The minimum atomic E-state index is 0.168. The lowest BCUT2D eigenvalue weighted by atomic mass is 10.2. The van der Waals surface area contributed by atoms with Crippen molar-refractivity contribution in [3.8, 4) is 0 Å². The molecule has 0 spiro atoms. The molecule has 3 N–H and O–H groups in total. The van der Waals surface area contributed by atoms with E-state index in [1.54, 1.807) is 17.0 Å². The molecule has 2 aromatic carbocycles. The van der Waals surface area contributed by atoms with Gasteiger partial charge in [0, 0.05) is 10.7 Å². The highest BCUT2D eigenvalue weighted by Gasteiger charge is 2.15. The third-order valence-electron chi connectivity index (χ3n) is 2.81. The lowest BCUT2D eigenvalue weighted by molar-refractivity contribution is 1.40.